The lowest BCUT2D eigenvalue weighted by molar-refractivity contribution is -0.146. The van der Waals surface area contributed by atoms with Crippen LogP contribution in [-0.4, -0.2) is 82.3 Å². The van der Waals surface area contributed by atoms with Crippen LogP contribution >= 0.6 is 0 Å². The van der Waals surface area contributed by atoms with E-state index in [-0.39, 0.29) is 11.6 Å². The Kier molecular flexibility index (Phi) is 4.50. The number of fused-ring (bicyclic) bond motifs is 1. The van der Waals surface area contributed by atoms with Gasteiger partial charge in [-0.15, -0.1) is 15.3 Å². The minimum Gasteiger partial charge on any atom is -0.353 e. The van der Waals surface area contributed by atoms with Crippen LogP contribution in [0.1, 0.15) is 5.82 Å². The third-order valence-corrected chi connectivity index (χ3v) is 4.06. The number of anilines is 1. The van der Waals surface area contributed by atoms with Gasteiger partial charge in [0.05, 0.1) is 6.54 Å². The van der Waals surface area contributed by atoms with Gasteiger partial charge in [-0.3, -0.25) is 9.69 Å². The molecule has 1 aliphatic heterocycles. The molecule has 8 nitrogen and oxygen atoms in total. The Morgan fingerprint density at radius 1 is 1.16 bits per heavy atom. The third kappa shape index (κ3) is 3.65. The maximum absolute atomic E-state index is 12.9. The molecule has 0 aromatic carbocycles. The highest BCUT2D eigenvalue weighted by atomic mass is 19.4. The van der Waals surface area contributed by atoms with Crippen LogP contribution in [0.4, 0.5) is 19.0 Å². The van der Waals surface area contributed by atoms with E-state index < -0.39 is 12.0 Å². The van der Waals surface area contributed by atoms with E-state index in [1.165, 1.54) is 11.0 Å². The molecule has 0 saturated carbocycles. The first-order valence-electron chi connectivity index (χ1n) is 7.73. The van der Waals surface area contributed by atoms with E-state index in [0.29, 0.717) is 38.5 Å². The second-order valence-electron chi connectivity index (χ2n) is 6.03. The summed E-state index contributed by atoms with van der Waals surface area (Å²) in [4.78, 5) is 17.2. The van der Waals surface area contributed by atoms with Crippen molar-refractivity contribution in [2.75, 3.05) is 51.7 Å². The van der Waals surface area contributed by atoms with Crippen LogP contribution < -0.4 is 4.90 Å². The highest BCUT2D eigenvalue weighted by Gasteiger charge is 2.37. The van der Waals surface area contributed by atoms with Crippen LogP contribution in [0, 0.1) is 0 Å². The summed E-state index contributed by atoms with van der Waals surface area (Å²) in [6, 6.07) is 3.09. The Balaban J connectivity index is 1.72. The van der Waals surface area contributed by atoms with Crippen molar-refractivity contribution in [3.8, 4) is 0 Å². The van der Waals surface area contributed by atoms with Crippen molar-refractivity contribution < 1.29 is 18.0 Å². The molecule has 25 heavy (non-hydrogen) atoms. The molecule has 3 rings (SSSR count). The van der Waals surface area contributed by atoms with Gasteiger partial charge in [0, 0.05) is 40.3 Å². The monoisotopic (exact) mass is 357 g/mol. The molecule has 2 aromatic heterocycles. The van der Waals surface area contributed by atoms with E-state index in [9.17, 15) is 18.0 Å². The van der Waals surface area contributed by atoms with E-state index in [4.69, 9.17) is 0 Å². The summed E-state index contributed by atoms with van der Waals surface area (Å²) in [7, 11) is 3.41. The van der Waals surface area contributed by atoms with Gasteiger partial charge in [-0.2, -0.15) is 17.7 Å². The van der Waals surface area contributed by atoms with Crippen LogP contribution in [-0.2, 0) is 11.0 Å². The smallest absolute Gasteiger partial charge is 0.353 e. The molecule has 0 radical (unpaired) electrons. The zero-order chi connectivity index (χ0) is 18.2. The zero-order valence-electron chi connectivity index (χ0n) is 13.9. The van der Waals surface area contributed by atoms with E-state index >= 15 is 0 Å². The minimum atomic E-state index is -4.61. The molecule has 1 fully saturated rings. The normalized spacial score (nSPS) is 16.4. The van der Waals surface area contributed by atoms with Gasteiger partial charge in [0.2, 0.25) is 5.91 Å². The van der Waals surface area contributed by atoms with Crippen LogP contribution in [0.2, 0.25) is 0 Å². The summed E-state index contributed by atoms with van der Waals surface area (Å²) < 4.78 is 39.5. The number of likely N-dealkylation sites (N-methyl/N-ethyl adjacent to an activating group) is 1. The van der Waals surface area contributed by atoms with Crippen molar-refractivity contribution >= 4 is 17.4 Å². The Labute approximate surface area is 141 Å². The number of alkyl halides is 3. The molecule has 1 saturated heterocycles. The molecule has 0 atom stereocenters. The van der Waals surface area contributed by atoms with Crippen molar-refractivity contribution in [2.24, 2.45) is 0 Å². The first kappa shape index (κ1) is 17.4. The van der Waals surface area contributed by atoms with Crippen LogP contribution in [0.5, 0.6) is 0 Å². The zero-order valence-corrected chi connectivity index (χ0v) is 13.9. The Morgan fingerprint density at radius 2 is 1.84 bits per heavy atom. The number of carbonyl (C=O) groups excluding carboxylic acids is 1. The second kappa shape index (κ2) is 6.47. The maximum Gasteiger partial charge on any atom is 0.453 e. The molecule has 2 aromatic rings. The summed E-state index contributed by atoms with van der Waals surface area (Å²) >= 11 is 0. The fourth-order valence-electron chi connectivity index (χ4n) is 2.59. The van der Waals surface area contributed by atoms with Crippen molar-refractivity contribution in [2.45, 2.75) is 6.18 Å². The fraction of sp³-hybridized carbons (Fsp3) is 0.571. The summed E-state index contributed by atoms with van der Waals surface area (Å²) in [5, 5.41) is 10.7. The maximum atomic E-state index is 12.9. The standard InChI is InChI=1S/C14H18F3N7O/c1-21(2)12(25)9-22-5-7-23(8-6-22)11-4-3-10-18-19-13(14(15,16)17)24(10)20-11/h3-4H,5-9H2,1-2H3. The lowest BCUT2D eigenvalue weighted by Crippen LogP contribution is -2.49. The number of hydrogen-bond donors (Lipinski definition) is 0. The van der Waals surface area contributed by atoms with E-state index in [2.05, 4.69) is 15.3 Å². The van der Waals surface area contributed by atoms with Gasteiger partial charge in [0.25, 0.3) is 5.82 Å². The Bertz CT molecular complexity index is 765. The quantitative estimate of drug-likeness (QED) is 0.790. The fourth-order valence-corrected chi connectivity index (χ4v) is 2.59. The summed E-state index contributed by atoms with van der Waals surface area (Å²) in [5.41, 5.74) is 0.0475. The topological polar surface area (TPSA) is 69.9 Å². The highest BCUT2D eigenvalue weighted by Crippen LogP contribution is 2.28. The SMILES string of the molecule is CN(C)C(=O)CN1CCN(c2ccc3nnc(C(F)(F)F)n3n2)CC1. The number of amides is 1. The van der Waals surface area contributed by atoms with Crippen LogP contribution in [0.25, 0.3) is 5.65 Å². The lowest BCUT2D eigenvalue weighted by Gasteiger charge is -2.35. The first-order valence-corrected chi connectivity index (χ1v) is 7.73. The molecule has 0 bridgehead atoms. The van der Waals surface area contributed by atoms with Gasteiger partial charge in [0.1, 0.15) is 5.82 Å². The number of hydrogen-bond acceptors (Lipinski definition) is 6. The molecular weight excluding hydrogens is 339 g/mol. The van der Waals surface area contributed by atoms with Crippen molar-refractivity contribution in [1.29, 1.82) is 0 Å². The minimum absolute atomic E-state index is 0.0207. The third-order valence-electron chi connectivity index (χ3n) is 4.06. The molecule has 0 aliphatic carbocycles. The summed E-state index contributed by atoms with van der Waals surface area (Å²) in [6.07, 6.45) is -4.61. The van der Waals surface area contributed by atoms with Crippen molar-refractivity contribution in [1.82, 2.24) is 29.6 Å². The van der Waals surface area contributed by atoms with Gasteiger partial charge >= 0.3 is 6.18 Å². The van der Waals surface area contributed by atoms with Gasteiger partial charge in [0.15, 0.2) is 5.65 Å². The predicted octanol–water partition coefficient (Wildman–Crippen LogP) is 0.353. The Hall–Kier alpha value is -2.43. The summed E-state index contributed by atoms with van der Waals surface area (Å²) in [6.45, 7) is 2.74. The summed E-state index contributed by atoms with van der Waals surface area (Å²) in [5.74, 6) is -0.691. The number of carbonyl (C=O) groups is 1. The van der Waals surface area contributed by atoms with E-state index in [1.54, 1.807) is 20.2 Å². The molecule has 1 aliphatic rings. The Morgan fingerprint density at radius 3 is 2.44 bits per heavy atom. The average molecular weight is 357 g/mol. The number of nitrogens with zero attached hydrogens (tertiary/aromatic N) is 7. The molecule has 0 unspecified atom stereocenters. The number of aromatic nitrogens is 4. The largest absolute Gasteiger partial charge is 0.453 e. The van der Waals surface area contributed by atoms with Crippen LogP contribution in [0.3, 0.4) is 0 Å². The van der Waals surface area contributed by atoms with Gasteiger partial charge < -0.3 is 9.80 Å². The number of piperazine rings is 1. The second-order valence-corrected chi connectivity index (χ2v) is 6.03. The predicted molar refractivity (Wildman–Crippen MR) is 83.1 cm³/mol. The highest BCUT2D eigenvalue weighted by molar-refractivity contribution is 5.77. The molecule has 0 spiro atoms. The average Bonchev–Trinajstić information content (AvgIpc) is 2.98. The number of halogens is 3. The van der Waals surface area contributed by atoms with Crippen molar-refractivity contribution in [3.05, 3.63) is 18.0 Å². The molecule has 136 valence electrons. The molecule has 3 heterocycles. The van der Waals surface area contributed by atoms with Gasteiger partial charge in [-0.1, -0.05) is 0 Å². The molecule has 1 amide bonds. The lowest BCUT2D eigenvalue weighted by atomic mass is 10.3. The molecular formula is C14H18F3N7O. The van der Waals surface area contributed by atoms with E-state index in [1.807, 2.05) is 9.80 Å². The first-order chi connectivity index (χ1) is 11.8. The van der Waals surface area contributed by atoms with E-state index in [0.717, 1.165) is 4.52 Å². The molecule has 0 N–H and O–H groups in total. The van der Waals surface area contributed by atoms with Gasteiger partial charge in [-0.25, -0.2) is 0 Å². The van der Waals surface area contributed by atoms with Gasteiger partial charge in [-0.05, 0) is 12.1 Å². The number of rotatable bonds is 3. The van der Waals surface area contributed by atoms with Crippen molar-refractivity contribution in [3.63, 3.8) is 0 Å². The molecule has 11 heteroatoms. The van der Waals surface area contributed by atoms with Crippen LogP contribution in [0.15, 0.2) is 12.1 Å².